The Morgan fingerprint density at radius 1 is 0.909 bits per heavy atom. The summed E-state index contributed by atoms with van der Waals surface area (Å²) in [4.78, 5) is 35.5. The van der Waals surface area contributed by atoms with Crippen LogP contribution in [0.4, 0.5) is 11.9 Å². The Hall–Kier alpha value is -2.91. The van der Waals surface area contributed by atoms with Gasteiger partial charge in [0, 0.05) is 5.56 Å². The molecule has 0 spiro atoms. The second-order valence-electron chi connectivity index (χ2n) is 4.07. The quantitative estimate of drug-likeness (QED) is 0.512. The molecule has 2 amide bonds. The number of carbonyl (C=O) groups excluding carboxylic acids is 2. The largest absolute Gasteiger partial charge is 0.376 e. The van der Waals surface area contributed by atoms with Crippen molar-refractivity contribution in [3.8, 4) is 11.4 Å². The van der Waals surface area contributed by atoms with E-state index in [1.54, 1.807) is 24.3 Å². The van der Waals surface area contributed by atoms with Gasteiger partial charge in [0.15, 0.2) is 5.82 Å². The summed E-state index contributed by atoms with van der Waals surface area (Å²) in [6.45, 7) is -1.09. The van der Waals surface area contributed by atoms with Crippen molar-refractivity contribution in [1.82, 2.24) is 15.0 Å². The van der Waals surface area contributed by atoms with Crippen molar-refractivity contribution >= 4 is 24.7 Å². The van der Waals surface area contributed by atoms with Crippen LogP contribution in [-0.4, -0.2) is 51.4 Å². The van der Waals surface area contributed by atoms with Gasteiger partial charge in [0.1, 0.15) is 13.5 Å². The lowest BCUT2D eigenvalue weighted by molar-refractivity contribution is -0.114. The molecule has 2 N–H and O–H groups in total. The van der Waals surface area contributed by atoms with Gasteiger partial charge in [-0.05, 0) is 0 Å². The van der Waals surface area contributed by atoms with Gasteiger partial charge in [-0.2, -0.15) is 15.0 Å². The number of rotatable bonds is 7. The number of hydrogen-bond donors (Lipinski definition) is 2. The Balaban J connectivity index is 2.58. The van der Waals surface area contributed by atoms with E-state index < -0.39 is 13.5 Å². The highest BCUT2D eigenvalue weighted by atomic mass is 16.3. The number of amides is 2. The first kappa shape index (κ1) is 15.5. The summed E-state index contributed by atoms with van der Waals surface area (Å²) in [6.07, 6.45) is 0.506. The first-order valence-electron chi connectivity index (χ1n) is 6.20. The molecule has 0 radical (unpaired) electrons. The number of aromatic nitrogens is 3. The Kier molecular flexibility index (Phi) is 5.07. The average molecular weight is 303 g/mol. The van der Waals surface area contributed by atoms with Crippen LogP contribution in [0.3, 0.4) is 0 Å². The van der Waals surface area contributed by atoms with Crippen molar-refractivity contribution in [1.29, 1.82) is 0 Å². The number of nitrogens with zero attached hydrogens (tertiary/aromatic N) is 5. The minimum absolute atomic E-state index is 0.0671. The highest BCUT2D eigenvalue weighted by Gasteiger charge is 2.16. The molecule has 0 bridgehead atoms. The monoisotopic (exact) mass is 303 g/mol. The average Bonchev–Trinajstić information content (AvgIpc) is 2.58. The maximum atomic E-state index is 10.9. The summed E-state index contributed by atoms with van der Waals surface area (Å²) >= 11 is 0. The predicted molar refractivity (Wildman–Crippen MR) is 76.5 cm³/mol. The molecule has 0 atom stereocenters. The highest BCUT2D eigenvalue weighted by Crippen LogP contribution is 2.20. The van der Waals surface area contributed by atoms with Gasteiger partial charge in [-0.25, -0.2) is 4.90 Å². The van der Waals surface area contributed by atoms with Gasteiger partial charge >= 0.3 is 0 Å². The Bertz CT molecular complexity index is 640. The maximum Gasteiger partial charge on any atom is 0.244 e. The minimum Gasteiger partial charge on any atom is -0.376 e. The summed E-state index contributed by atoms with van der Waals surface area (Å²) in [5, 5.41) is 18.4. The third kappa shape index (κ3) is 3.22. The van der Waals surface area contributed by atoms with Gasteiger partial charge in [0.2, 0.25) is 24.7 Å². The molecular formula is C13H13N5O4. The number of aliphatic hydroxyl groups is 2. The van der Waals surface area contributed by atoms with Crippen molar-refractivity contribution in [3.63, 3.8) is 0 Å². The van der Waals surface area contributed by atoms with Gasteiger partial charge in [-0.1, -0.05) is 30.3 Å². The van der Waals surface area contributed by atoms with E-state index in [9.17, 15) is 19.8 Å². The fourth-order valence-electron chi connectivity index (χ4n) is 1.62. The molecule has 22 heavy (non-hydrogen) atoms. The molecule has 1 heterocycles. The molecule has 0 aliphatic carbocycles. The van der Waals surface area contributed by atoms with Crippen LogP contribution in [0.2, 0.25) is 0 Å². The minimum atomic E-state index is -0.545. The van der Waals surface area contributed by atoms with E-state index in [1.165, 1.54) is 0 Å². The van der Waals surface area contributed by atoms with Gasteiger partial charge in [-0.3, -0.25) is 14.5 Å². The number of imide groups is 1. The summed E-state index contributed by atoms with van der Waals surface area (Å²) in [5.41, 5.74) is 0.625. The molecule has 0 saturated carbocycles. The first-order chi connectivity index (χ1) is 10.7. The van der Waals surface area contributed by atoms with Crippen LogP contribution in [0, 0.1) is 0 Å². The summed E-state index contributed by atoms with van der Waals surface area (Å²) in [6, 6.07) is 8.81. The summed E-state index contributed by atoms with van der Waals surface area (Å²) < 4.78 is 0. The lowest BCUT2D eigenvalue weighted by Gasteiger charge is -2.18. The number of carbonyl (C=O) groups is 2. The van der Waals surface area contributed by atoms with E-state index in [4.69, 9.17) is 0 Å². The van der Waals surface area contributed by atoms with Crippen molar-refractivity contribution in [2.75, 3.05) is 23.3 Å². The zero-order chi connectivity index (χ0) is 15.9. The topological polar surface area (TPSA) is 120 Å². The third-order valence-electron chi connectivity index (χ3n) is 2.73. The number of anilines is 2. The standard InChI is InChI=1S/C13H13N5O4/c19-6-17(7-20)12-14-11(10-4-2-1-3-5-10)15-13(16-12)18(8-21)9-22/h1-7,21-22H,8-9H2. The second-order valence-corrected chi connectivity index (χ2v) is 4.07. The number of hydrogen-bond acceptors (Lipinski definition) is 8. The second kappa shape index (κ2) is 7.20. The maximum absolute atomic E-state index is 10.9. The Labute approximate surface area is 125 Å². The molecule has 9 nitrogen and oxygen atoms in total. The van der Waals surface area contributed by atoms with Crippen molar-refractivity contribution < 1.29 is 19.8 Å². The molecule has 1 aromatic heterocycles. The predicted octanol–water partition coefficient (Wildman–Crippen LogP) is -0.636. The Morgan fingerprint density at radius 2 is 1.50 bits per heavy atom. The lowest BCUT2D eigenvalue weighted by Crippen LogP contribution is -2.29. The van der Waals surface area contributed by atoms with Gasteiger partial charge in [0.05, 0.1) is 0 Å². The van der Waals surface area contributed by atoms with E-state index in [0.29, 0.717) is 10.5 Å². The van der Waals surface area contributed by atoms with Crippen molar-refractivity contribution in [2.45, 2.75) is 0 Å². The van der Waals surface area contributed by atoms with E-state index in [2.05, 4.69) is 15.0 Å². The first-order valence-corrected chi connectivity index (χ1v) is 6.20. The van der Waals surface area contributed by atoms with Crippen LogP contribution in [0.1, 0.15) is 0 Å². The SMILES string of the molecule is O=CN(C=O)c1nc(-c2ccccc2)nc(N(CO)CO)n1. The van der Waals surface area contributed by atoms with Crippen LogP contribution in [0.25, 0.3) is 11.4 Å². The van der Waals surface area contributed by atoms with Gasteiger partial charge in [-0.15, -0.1) is 0 Å². The van der Waals surface area contributed by atoms with E-state index in [0.717, 1.165) is 4.90 Å². The summed E-state index contributed by atoms with van der Waals surface area (Å²) in [7, 11) is 0. The molecule has 0 fully saturated rings. The Morgan fingerprint density at radius 3 is 2.05 bits per heavy atom. The molecule has 0 aliphatic rings. The molecule has 9 heteroatoms. The van der Waals surface area contributed by atoms with E-state index in [1.807, 2.05) is 6.07 Å². The lowest BCUT2D eigenvalue weighted by atomic mass is 10.2. The van der Waals surface area contributed by atoms with Crippen LogP contribution in [0.15, 0.2) is 30.3 Å². The molecule has 0 aliphatic heterocycles. The molecule has 2 rings (SSSR count). The van der Waals surface area contributed by atoms with Crippen molar-refractivity contribution in [2.24, 2.45) is 0 Å². The normalized spacial score (nSPS) is 10.1. The van der Waals surface area contributed by atoms with Crippen molar-refractivity contribution in [3.05, 3.63) is 30.3 Å². The third-order valence-corrected chi connectivity index (χ3v) is 2.73. The number of aliphatic hydroxyl groups excluding tert-OH is 2. The molecule has 1 aromatic carbocycles. The molecule has 2 aromatic rings. The molecule has 0 saturated heterocycles. The van der Waals surface area contributed by atoms with E-state index >= 15 is 0 Å². The van der Waals surface area contributed by atoms with Crippen LogP contribution in [0.5, 0.6) is 0 Å². The van der Waals surface area contributed by atoms with E-state index in [-0.39, 0.29) is 30.5 Å². The zero-order valence-corrected chi connectivity index (χ0v) is 11.4. The fraction of sp³-hybridized carbons (Fsp3) is 0.154. The van der Waals surface area contributed by atoms with Crippen LogP contribution >= 0.6 is 0 Å². The fourth-order valence-corrected chi connectivity index (χ4v) is 1.62. The molecule has 0 unspecified atom stereocenters. The van der Waals surface area contributed by atoms with Gasteiger partial charge in [0.25, 0.3) is 0 Å². The smallest absolute Gasteiger partial charge is 0.244 e. The van der Waals surface area contributed by atoms with Gasteiger partial charge < -0.3 is 10.2 Å². The highest BCUT2D eigenvalue weighted by molar-refractivity contribution is 5.93. The van der Waals surface area contributed by atoms with Crippen LogP contribution < -0.4 is 9.80 Å². The van der Waals surface area contributed by atoms with Crippen LogP contribution in [-0.2, 0) is 9.59 Å². The molecule has 114 valence electrons. The zero-order valence-electron chi connectivity index (χ0n) is 11.4. The molecular weight excluding hydrogens is 290 g/mol. The number of benzene rings is 1. The summed E-state index contributed by atoms with van der Waals surface area (Å²) in [5.74, 6) is -0.0792.